The Morgan fingerprint density at radius 3 is 1.52 bits per heavy atom. The first-order valence-electron chi connectivity index (χ1n) is 10.3. The van der Waals surface area contributed by atoms with Crippen LogP contribution in [0.25, 0.3) is 0 Å². The Labute approximate surface area is 145 Å². The lowest BCUT2D eigenvalue weighted by Gasteiger charge is -2.86. The van der Waals surface area contributed by atoms with Gasteiger partial charge in [0.2, 0.25) is 0 Å². The van der Waals surface area contributed by atoms with Crippen LogP contribution in [0, 0.1) is 68.5 Å². The van der Waals surface area contributed by atoms with E-state index in [0.29, 0.717) is 27.1 Å². The summed E-state index contributed by atoms with van der Waals surface area (Å²) in [6.45, 7) is 29.0. The van der Waals surface area contributed by atoms with Crippen LogP contribution in [0.1, 0.15) is 76.2 Å². The van der Waals surface area contributed by atoms with Gasteiger partial charge >= 0.3 is 0 Å². The summed E-state index contributed by atoms with van der Waals surface area (Å²) in [6, 6.07) is 0. The first-order chi connectivity index (χ1) is 10.3. The fourth-order valence-corrected chi connectivity index (χ4v) is 10.6. The Hall–Kier alpha value is 0. The Morgan fingerprint density at radius 1 is 0.522 bits per heavy atom. The van der Waals surface area contributed by atoms with E-state index in [1.54, 1.807) is 0 Å². The van der Waals surface area contributed by atoms with Gasteiger partial charge < -0.3 is 0 Å². The first-order valence-corrected chi connectivity index (χ1v) is 10.3. The van der Waals surface area contributed by atoms with Crippen LogP contribution in [-0.4, -0.2) is 0 Å². The third-order valence-corrected chi connectivity index (χ3v) is 12.6. The summed E-state index contributed by atoms with van der Waals surface area (Å²) in [5, 5.41) is 0. The predicted octanol–water partition coefficient (Wildman–Crippen LogP) is 6.51. The van der Waals surface area contributed by atoms with Crippen molar-refractivity contribution in [3.05, 3.63) is 0 Å². The van der Waals surface area contributed by atoms with E-state index in [2.05, 4.69) is 76.2 Å². The van der Waals surface area contributed by atoms with E-state index in [0.717, 1.165) is 41.4 Å². The topological polar surface area (TPSA) is 0 Å². The quantitative estimate of drug-likeness (QED) is 0.478. The molecular formula is C23H40. The highest BCUT2D eigenvalue weighted by Gasteiger charge is 2.88. The van der Waals surface area contributed by atoms with Gasteiger partial charge in [0.25, 0.3) is 0 Å². The summed E-state index contributed by atoms with van der Waals surface area (Å²) in [5.74, 6) is 6.27. The average molecular weight is 317 g/mol. The van der Waals surface area contributed by atoms with Crippen molar-refractivity contribution in [3.63, 3.8) is 0 Å². The van der Waals surface area contributed by atoms with Crippen LogP contribution in [0.3, 0.4) is 0 Å². The minimum atomic E-state index is 0.425. The van der Waals surface area contributed by atoms with Crippen LogP contribution in [-0.2, 0) is 0 Å². The monoisotopic (exact) mass is 316 g/mol. The van der Waals surface area contributed by atoms with Crippen molar-refractivity contribution in [2.24, 2.45) is 68.5 Å². The number of hydrogen-bond acceptors (Lipinski definition) is 0. The van der Waals surface area contributed by atoms with Gasteiger partial charge in [-0.25, -0.2) is 0 Å². The van der Waals surface area contributed by atoms with Crippen molar-refractivity contribution in [2.75, 3.05) is 0 Å². The molecule has 0 radical (unpaired) electrons. The number of rotatable bonds is 0. The van der Waals surface area contributed by atoms with Crippen LogP contribution in [0.15, 0.2) is 0 Å². The third kappa shape index (κ3) is 1.09. The summed E-state index contributed by atoms with van der Waals surface area (Å²) < 4.78 is 0. The van der Waals surface area contributed by atoms with Crippen molar-refractivity contribution >= 4 is 0 Å². The minimum absolute atomic E-state index is 0.425. The zero-order valence-electron chi connectivity index (χ0n) is 17.5. The molecule has 0 aromatic heterocycles. The van der Waals surface area contributed by atoms with Crippen molar-refractivity contribution in [1.82, 2.24) is 0 Å². The predicted molar refractivity (Wildman–Crippen MR) is 99.0 cm³/mol. The molecular weight excluding hydrogens is 276 g/mol. The SMILES string of the molecule is CC1C2C3C1C(C)(C)C1(C)C(C)C(C)(C(C)(C)C2C)C1(C)C3C. The Kier molecular flexibility index (Phi) is 2.67. The van der Waals surface area contributed by atoms with Gasteiger partial charge in [0.15, 0.2) is 0 Å². The highest BCUT2D eigenvalue weighted by atomic mass is 14.9. The maximum absolute atomic E-state index is 2.70. The fourth-order valence-electron chi connectivity index (χ4n) is 10.6. The van der Waals surface area contributed by atoms with E-state index in [1.165, 1.54) is 0 Å². The maximum Gasteiger partial charge on any atom is -0.0174 e. The van der Waals surface area contributed by atoms with Crippen molar-refractivity contribution < 1.29 is 0 Å². The first kappa shape index (κ1) is 16.5. The second kappa shape index (κ2) is 3.73. The van der Waals surface area contributed by atoms with Gasteiger partial charge in [-0.1, -0.05) is 76.2 Å². The van der Waals surface area contributed by atoms with Gasteiger partial charge in [-0.2, -0.15) is 0 Å². The molecule has 0 spiro atoms. The smallest absolute Gasteiger partial charge is 0.0174 e. The molecule has 4 saturated carbocycles. The van der Waals surface area contributed by atoms with Crippen molar-refractivity contribution in [3.8, 4) is 0 Å². The normalized spacial score (nSPS) is 67.7. The minimum Gasteiger partial charge on any atom is -0.0619 e. The molecule has 0 heterocycles. The largest absolute Gasteiger partial charge is 0.0619 e. The summed E-state index contributed by atoms with van der Waals surface area (Å²) in [6.07, 6.45) is 0. The number of hydrogen-bond donors (Lipinski definition) is 0. The van der Waals surface area contributed by atoms with Crippen LogP contribution < -0.4 is 0 Å². The highest BCUT2D eigenvalue weighted by molar-refractivity contribution is 5.35. The third-order valence-electron chi connectivity index (χ3n) is 12.6. The molecule has 0 aromatic carbocycles. The molecule has 4 fully saturated rings. The lowest BCUT2D eigenvalue weighted by atomic mass is 9.17. The fraction of sp³-hybridized carbons (Fsp3) is 1.00. The molecule has 10 atom stereocenters. The van der Waals surface area contributed by atoms with Crippen molar-refractivity contribution in [1.29, 1.82) is 0 Å². The maximum atomic E-state index is 2.70. The van der Waals surface area contributed by atoms with Gasteiger partial charge in [0.1, 0.15) is 0 Å². The van der Waals surface area contributed by atoms with Crippen LogP contribution in [0.4, 0.5) is 0 Å². The van der Waals surface area contributed by atoms with Gasteiger partial charge in [-0.15, -0.1) is 0 Å². The Balaban J connectivity index is 2.07. The molecule has 0 amide bonds. The summed E-state index contributed by atoms with van der Waals surface area (Å²) in [7, 11) is 0. The van der Waals surface area contributed by atoms with Gasteiger partial charge in [-0.05, 0) is 68.5 Å². The van der Waals surface area contributed by atoms with E-state index in [9.17, 15) is 0 Å². The molecule has 2 bridgehead atoms. The summed E-state index contributed by atoms with van der Waals surface area (Å²) >= 11 is 0. The highest BCUT2D eigenvalue weighted by Crippen LogP contribution is 2.92. The molecule has 0 heteroatoms. The molecule has 23 heavy (non-hydrogen) atoms. The molecule has 0 saturated heterocycles. The Bertz CT molecular complexity index is 571. The lowest BCUT2D eigenvalue weighted by molar-refractivity contribution is -0.396. The molecule has 10 unspecified atom stereocenters. The molecule has 4 aliphatic rings. The molecule has 132 valence electrons. The van der Waals surface area contributed by atoms with Crippen LogP contribution in [0.5, 0.6) is 0 Å². The van der Waals surface area contributed by atoms with E-state index in [4.69, 9.17) is 0 Å². The van der Waals surface area contributed by atoms with Gasteiger partial charge in [-0.3, -0.25) is 0 Å². The average Bonchev–Trinajstić information content (AvgIpc) is 2.46. The van der Waals surface area contributed by atoms with Crippen LogP contribution in [0.2, 0.25) is 0 Å². The molecule has 0 aromatic rings. The van der Waals surface area contributed by atoms with Crippen molar-refractivity contribution in [2.45, 2.75) is 76.2 Å². The van der Waals surface area contributed by atoms with E-state index in [-0.39, 0.29) is 0 Å². The molecule has 0 N–H and O–H groups in total. The standard InChI is InChI=1S/C23H40/c1-12-16-13(2)19(5,6)22(10)15(4)23(11)20(7,8)18(12)17(16)14(3)21(22,23)9/h12-18H,1-11H3. The van der Waals surface area contributed by atoms with Gasteiger partial charge in [0, 0.05) is 0 Å². The van der Waals surface area contributed by atoms with Crippen LogP contribution >= 0.6 is 0 Å². The summed E-state index contributed by atoms with van der Waals surface area (Å²) in [4.78, 5) is 0. The van der Waals surface area contributed by atoms with E-state index >= 15 is 0 Å². The Morgan fingerprint density at radius 2 is 1.00 bits per heavy atom. The molecule has 4 aliphatic carbocycles. The lowest BCUT2D eigenvalue weighted by Crippen LogP contribution is -2.82. The second-order valence-corrected chi connectivity index (χ2v) is 11.9. The zero-order chi connectivity index (χ0) is 17.5. The molecule has 0 aliphatic heterocycles. The molecule has 4 rings (SSSR count). The van der Waals surface area contributed by atoms with E-state index < -0.39 is 0 Å². The molecule has 0 nitrogen and oxygen atoms in total. The van der Waals surface area contributed by atoms with Gasteiger partial charge in [0.05, 0.1) is 0 Å². The zero-order valence-corrected chi connectivity index (χ0v) is 17.5. The van der Waals surface area contributed by atoms with E-state index in [1.807, 2.05) is 0 Å². The second-order valence-electron chi connectivity index (χ2n) is 11.9. The summed E-state index contributed by atoms with van der Waals surface area (Å²) in [5.41, 5.74) is 2.28.